The summed E-state index contributed by atoms with van der Waals surface area (Å²) in [5, 5.41) is 18.1. The van der Waals surface area contributed by atoms with Crippen LogP contribution in [0.2, 0.25) is 0 Å². The number of nitrogens with one attached hydrogen (secondary N) is 1. The fraction of sp³-hybridized carbons (Fsp3) is 0.780. The SMILES string of the molecule is Cc1c(C)c2c(c(C)c1OC(=O)CN(CC(=O)[O-])CC(=O)[OH2+])CC[C@@](C)(CCC[C@H](C)CCC[C@H](C)CCCC(C)C)O2.[NH-][C@@H]1CCCC[C@H]1N.[Pt]. The number of fused-ring (bicyclic) bond motifs is 1. The number of esters is 1. The number of carbonyl (C=O) groups excluding carboxylic acids is 3. The molecule has 11 heteroatoms. The summed E-state index contributed by atoms with van der Waals surface area (Å²) in [7, 11) is 0. The van der Waals surface area contributed by atoms with Crippen molar-refractivity contribution in [2.75, 3.05) is 19.6 Å². The Labute approximate surface area is 328 Å². The fourth-order valence-corrected chi connectivity index (χ4v) is 7.45. The molecule has 1 aliphatic carbocycles. The first-order valence-electron chi connectivity index (χ1n) is 19.6. The first-order chi connectivity index (χ1) is 23.9. The Morgan fingerprint density at radius 3 is 2.02 bits per heavy atom. The molecule has 0 saturated heterocycles. The van der Waals surface area contributed by atoms with E-state index in [4.69, 9.17) is 26.0 Å². The molecule has 0 spiro atoms. The molecule has 0 amide bonds. The van der Waals surface area contributed by atoms with E-state index in [1.807, 2.05) is 20.8 Å². The second kappa shape index (κ2) is 23.7. The third-order valence-corrected chi connectivity index (χ3v) is 10.9. The van der Waals surface area contributed by atoms with Gasteiger partial charge in [0.2, 0.25) is 0 Å². The Morgan fingerprint density at radius 2 is 1.50 bits per heavy atom. The molecule has 1 aromatic carbocycles. The zero-order valence-electron chi connectivity index (χ0n) is 33.4. The van der Waals surface area contributed by atoms with Gasteiger partial charge >= 0.3 is 11.9 Å². The standard InChI is InChI=1S/C35H57NO7.C6H13N2.Pt/c1-23(2)12-9-13-24(3)14-10-15-25(4)16-11-18-35(8)19-17-29-28(7)33(26(5)27(6)34(29)43-35)42-32(41)22-36(20-30(37)38)21-31(39)40;7-5-3-1-2-4-6(5)8;/h23-25H,9-22H2,1-8H3,(H,37,38)(H,39,40);5-7H,1-4,8H2;/q;-1;/t24-,25-,35-;5-,6-;/m11./s1. The number of carboxylic acid groups (broad SMARTS) is 1. The van der Waals surface area contributed by atoms with E-state index < -0.39 is 37.5 Å². The number of nitrogens with two attached hydrogens (primary N) is 1. The van der Waals surface area contributed by atoms with Crippen molar-refractivity contribution < 1.29 is 55.1 Å². The number of rotatable bonds is 19. The van der Waals surface area contributed by atoms with Gasteiger partial charge in [-0.15, -0.1) is 6.04 Å². The molecule has 3 rings (SSSR count). The maximum absolute atomic E-state index is 12.7. The molecule has 302 valence electrons. The van der Waals surface area contributed by atoms with Crippen LogP contribution < -0.4 is 20.3 Å². The largest absolute Gasteiger partial charge is 0.673 e. The number of benzene rings is 1. The fourth-order valence-electron chi connectivity index (χ4n) is 7.45. The van der Waals surface area contributed by atoms with Crippen LogP contribution >= 0.6 is 0 Å². The van der Waals surface area contributed by atoms with Crippen molar-refractivity contribution in [2.24, 2.45) is 23.5 Å². The summed E-state index contributed by atoms with van der Waals surface area (Å²) in [4.78, 5) is 36.0. The summed E-state index contributed by atoms with van der Waals surface area (Å²) in [5.74, 6) is 0.554. The van der Waals surface area contributed by atoms with Crippen LogP contribution in [0.1, 0.15) is 147 Å². The van der Waals surface area contributed by atoms with Crippen molar-refractivity contribution in [1.82, 2.24) is 4.90 Å². The average molecular weight is 912 g/mol. The molecule has 1 saturated carbocycles. The second-order valence-electron chi connectivity index (χ2n) is 16.4. The molecule has 0 radical (unpaired) electrons. The van der Waals surface area contributed by atoms with Gasteiger partial charge in [0, 0.05) is 38.0 Å². The molecular weight excluding hydrogens is 842 g/mol. The van der Waals surface area contributed by atoms with Gasteiger partial charge in [0.05, 0.1) is 12.5 Å². The molecule has 0 bridgehead atoms. The van der Waals surface area contributed by atoms with E-state index >= 15 is 0 Å². The van der Waals surface area contributed by atoms with Crippen LogP contribution in [-0.4, -0.2) is 65.2 Å². The van der Waals surface area contributed by atoms with E-state index in [0.29, 0.717) is 11.7 Å². The molecule has 5 N–H and O–H groups in total. The first kappa shape index (κ1) is 48.0. The Balaban J connectivity index is 0.00000132. The Bertz CT molecular complexity index is 1250. The average Bonchev–Trinajstić information content (AvgIpc) is 3.03. The Morgan fingerprint density at radius 1 is 0.923 bits per heavy atom. The van der Waals surface area contributed by atoms with Crippen LogP contribution in [0.3, 0.4) is 0 Å². The van der Waals surface area contributed by atoms with Gasteiger partial charge in [-0.25, -0.2) is 0 Å². The monoisotopic (exact) mass is 911 g/mol. The van der Waals surface area contributed by atoms with E-state index in [1.165, 1.54) is 57.8 Å². The molecule has 0 unspecified atom stereocenters. The number of carbonyl (C=O) groups is 3. The van der Waals surface area contributed by atoms with Gasteiger partial charge in [-0.1, -0.05) is 91.9 Å². The molecule has 52 heavy (non-hydrogen) atoms. The van der Waals surface area contributed by atoms with Crippen molar-refractivity contribution in [3.8, 4) is 11.5 Å². The summed E-state index contributed by atoms with van der Waals surface area (Å²) in [6, 6.07) is 0.201. The minimum absolute atomic E-state index is 0. The Hall–Kier alpha value is -2.00. The number of hydrogen-bond acceptors (Lipinski definition) is 8. The summed E-state index contributed by atoms with van der Waals surface area (Å²) >= 11 is 0. The van der Waals surface area contributed by atoms with Crippen LogP contribution in [0.15, 0.2) is 0 Å². The maximum Gasteiger partial charge on any atom is 0.530 e. The van der Waals surface area contributed by atoms with Crippen molar-refractivity contribution >= 4 is 17.9 Å². The third kappa shape index (κ3) is 17.0. The van der Waals surface area contributed by atoms with Crippen LogP contribution in [0.4, 0.5) is 0 Å². The van der Waals surface area contributed by atoms with Gasteiger partial charge < -0.3 is 35.9 Å². The predicted octanol–water partition coefficient (Wildman–Crippen LogP) is 6.65. The van der Waals surface area contributed by atoms with Crippen LogP contribution in [0, 0.1) is 38.5 Å². The zero-order chi connectivity index (χ0) is 38.3. The summed E-state index contributed by atoms with van der Waals surface area (Å²) in [5.41, 5.74) is 16.3. The molecule has 1 aromatic rings. The van der Waals surface area contributed by atoms with E-state index in [-0.39, 0.29) is 38.7 Å². The molecule has 1 fully saturated rings. The second-order valence-corrected chi connectivity index (χ2v) is 16.4. The molecule has 5 atom stereocenters. The topological polar surface area (TPSA) is 169 Å². The molecule has 10 nitrogen and oxygen atoms in total. The van der Waals surface area contributed by atoms with Crippen molar-refractivity contribution in [1.29, 1.82) is 0 Å². The quantitative estimate of drug-likeness (QED) is 0.0915. The van der Waals surface area contributed by atoms with Gasteiger partial charge in [-0.3, -0.25) is 9.69 Å². The molecule has 2 aliphatic rings. The number of hydrogen-bond donors (Lipinski definition) is 1. The predicted molar refractivity (Wildman–Crippen MR) is 203 cm³/mol. The van der Waals surface area contributed by atoms with E-state index in [2.05, 4.69) is 34.6 Å². The summed E-state index contributed by atoms with van der Waals surface area (Å²) in [6.07, 6.45) is 17.5. The van der Waals surface area contributed by atoms with Crippen molar-refractivity contribution in [3.05, 3.63) is 28.0 Å². The smallest absolute Gasteiger partial charge is 0.530 e. The van der Waals surface area contributed by atoms with Crippen LogP contribution in [-0.2, 0) is 41.9 Å². The number of ether oxygens (including phenoxy) is 2. The van der Waals surface area contributed by atoms with Gasteiger partial charge in [0.1, 0.15) is 17.1 Å². The molecule has 0 aromatic heterocycles. The number of aliphatic carboxylic acids is 1. The Kier molecular flexibility index (Phi) is 21.9. The van der Waals surface area contributed by atoms with E-state index in [0.717, 1.165) is 83.3 Å². The van der Waals surface area contributed by atoms with Crippen molar-refractivity contribution in [3.63, 3.8) is 0 Å². The van der Waals surface area contributed by atoms with Gasteiger partial charge in [0.25, 0.3) is 0 Å². The number of nitrogens with zero attached hydrogens (tertiary/aromatic N) is 1. The van der Waals surface area contributed by atoms with Gasteiger partial charge in [-0.2, -0.15) is 0 Å². The van der Waals surface area contributed by atoms with E-state index in [9.17, 15) is 19.5 Å². The number of carboxylic acids is 1. The van der Waals surface area contributed by atoms with Gasteiger partial charge in [0.15, 0.2) is 6.54 Å². The molecule has 1 heterocycles. The minimum atomic E-state index is -1.43. The minimum Gasteiger partial charge on any atom is -0.673 e. The molecule has 1 aliphatic heterocycles. The summed E-state index contributed by atoms with van der Waals surface area (Å²) in [6.45, 7) is 15.8. The van der Waals surface area contributed by atoms with Crippen LogP contribution in [0.25, 0.3) is 5.73 Å². The summed E-state index contributed by atoms with van der Waals surface area (Å²) < 4.78 is 12.4. The molecular formula is C41H70N3O7Pt-. The normalized spacial score (nSPS) is 20.8. The van der Waals surface area contributed by atoms with Crippen LogP contribution in [0.5, 0.6) is 11.5 Å². The van der Waals surface area contributed by atoms with Crippen molar-refractivity contribution in [2.45, 2.75) is 169 Å². The maximum atomic E-state index is 12.7. The zero-order valence-corrected chi connectivity index (χ0v) is 35.7. The van der Waals surface area contributed by atoms with E-state index in [1.54, 1.807) is 0 Å². The van der Waals surface area contributed by atoms with Gasteiger partial charge in [-0.05, 0) is 100 Å². The third-order valence-electron chi connectivity index (χ3n) is 10.9. The first-order valence-corrected chi connectivity index (χ1v) is 19.6.